The van der Waals surface area contributed by atoms with Crippen LogP contribution in [0.25, 0.3) is 16.5 Å². The number of aryl methyl sites for hydroxylation is 2. The van der Waals surface area contributed by atoms with Crippen LogP contribution in [0.15, 0.2) is 55.1 Å². The van der Waals surface area contributed by atoms with Crippen molar-refractivity contribution in [2.24, 2.45) is 0 Å². The Kier molecular flexibility index (Phi) is 5.98. The van der Waals surface area contributed by atoms with Crippen LogP contribution in [0.2, 0.25) is 0 Å². The van der Waals surface area contributed by atoms with E-state index in [9.17, 15) is 0 Å². The molecule has 0 unspecified atom stereocenters. The first-order valence-corrected chi connectivity index (χ1v) is 10.0. The molecule has 2 aromatic carbocycles. The van der Waals surface area contributed by atoms with Crippen LogP contribution in [-0.2, 0) is 13.0 Å². The summed E-state index contributed by atoms with van der Waals surface area (Å²) in [5, 5.41) is 1.32. The Morgan fingerprint density at radius 1 is 0.923 bits per heavy atom. The van der Waals surface area contributed by atoms with E-state index in [1.54, 1.807) is 0 Å². The van der Waals surface area contributed by atoms with Crippen molar-refractivity contribution in [3.63, 3.8) is 0 Å². The highest BCUT2D eigenvalue weighted by Crippen LogP contribution is 2.34. The van der Waals surface area contributed by atoms with Gasteiger partial charge in [0.25, 0.3) is 0 Å². The third-order valence-electron chi connectivity index (χ3n) is 5.39. The third-order valence-corrected chi connectivity index (χ3v) is 5.39. The molecule has 0 radical (unpaired) electrons. The molecule has 0 aliphatic carbocycles. The van der Waals surface area contributed by atoms with Gasteiger partial charge in [0.2, 0.25) is 0 Å². The number of hydrogen-bond acceptors (Lipinski definition) is 0. The van der Waals surface area contributed by atoms with E-state index in [0.29, 0.717) is 0 Å². The molecule has 0 atom stereocenters. The fraction of sp³-hybridized carbons (Fsp3) is 0.360. The highest BCUT2D eigenvalue weighted by atomic mass is 15.0. The molecule has 1 heterocycles. The zero-order valence-electron chi connectivity index (χ0n) is 16.5. The maximum absolute atomic E-state index is 4.48. The van der Waals surface area contributed by atoms with Crippen LogP contribution in [0.3, 0.4) is 0 Å². The van der Waals surface area contributed by atoms with Crippen LogP contribution in [0.5, 0.6) is 0 Å². The van der Waals surface area contributed by atoms with E-state index in [1.165, 1.54) is 65.4 Å². The van der Waals surface area contributed by atoms with Gasteiger partial charge in [0.1, 0.15) is 0 Å². The molecular weight excluding hydrogens is 314 g/mol. The molecule has 0 aliphatic rings. The maximum atomic E-state index is 4.48. The zero-order chi connectivity index (χ0) is 18.5. The van der Waals surface area contributed by atoms with Crippen LogP contribution in [0.4, 0.5) is 0 Å². The van der Waals surface area contributed by atoms with Crippen LogP contribution < -0.4 is 0 Å². The lowest BCUT2D eigenvalue weighted by Gasteiger charge is -2.10. The second-order valence-electron chi connectivity index (χ2n) is 7.26. The number of hydrogen-bond donors (Lipinski definition) is 0. The van der Waals surface area contributed by atoms with Gasteiger partial charge in [-0.15, -0.1) is 0 Å². The van der Waals surface area contributed by atoms with Gasteiger partial charge in [0.15, 0.2) is 0 Å². The van der Waals surface area contributed by atoms with Gasteiger partial charge in [-0.05, 0) is 49.0 Å². The van der Waals surface area contributed by atoms with Gasteiger partial charge >= 0.3 is 0 Å². The molecule has 1 heteroatoms. The lowest BCUT2D eigenvalue weighted by atomic mass is 9.95. The molecule has 136 valence electrons. The van der Waals surface area contributed by atoms with Crippen molar-refractivity contribution in [3.05, 3.63) is 77.5 Å². The van der Waals surface area contributed by atoms with E-state index in [4.69, 9.17) is 0 Å². The summed E-state index contributed by atoms with van der Waals surface area (Å²) in [6.45, 7) is 12.3. The van der Waals surface area contributed by atoms with Gasteiger partial charge in [-0.25, -0.2) is 0 Å². The number of aromatic nitrogens is 1. The predicted molar refractivity (Wildman–Crippen MR) is 115 cm³/mol. The van der Waals surface area contributed by atoms with E-state index in [-0.39, 0.29) is 0 Å². The average molecular weight is 346 g/mol. The van der Waals surface area contributed by atoms with Crippen molar-refractivity contribution in [1.29, 1.82) is 0 Å². The summed E-state index contributed by atoms with van der Waals surface area (Å²) in [4.78, 5) is 0. The second kappa shape index (κ2) is 8.40. The first-order valence-electron chi connectivity index (χ1n) is 10.0. The smallest absolute Gasteiger partial charge is 0.0488 e. The molecule has 26 heavy (non-hydrogen) atoms. The largest absolute Gasteiger partial charge is 0.344 e. The van der Waals surface area contributed by atoms with E-state index < -0.39 is 0 Å². The van der Waals surface area contributed by atoms with Crippen molar-refractivity contribution >= 4 is 16.5 Å². The summed E-state index contributed by atoms with van der Waals surface area (Å²) in [5.41, 5.74) is 7.75. The Bertz CT molecular complexity index is 880. The average Bonchev–Trinajstić information content (AvgIpc) is 2.96. The highest BCUT2D eigenvalue weighted by Gasteiger charge is 2.16. The molecule has 0 spiro atoms. The quantitative estimate of drug-likeness (QED) is 0.408. The number of fused-ring (bicyclic) bond motifs is 1. The maximum Gasteiger partial charge on any atom is 0.0488 e. The van der Waals surface area contributed by atoms with Crippen LogP contribution in [0, 0.1) is 6.92 Å². The third kappa shape index (κ3) is 3.62. The molecule has 0 amide bonds. The normalized spacial score (nSPS) is 11.2. The van der Waals surface area contributed by atoms with E-state index in [0.717, 1.165) is 12.1 Å². The minimum absolute atomic E-state index is 1.08. The molecule has 1 aromatic heterocycles. The summed E-state index contributed by atoms with van der Waals surface area (Å²) in [6, 6.07) is 17.8. The van der Waals surface area contributed by atoms with Crippen molar-refractivity contribution in [2.75, 3.05) is 0 Å². The lowest BCUT2D eigenvalue weighted by molar-refractivity contribution is 0.637. The lowest BCUT2D eigenvalue weighted by Crippen LogP contribution is -2.00. The molecule has 0 N–H and O–H groups in total. The predicted octanol–water partition coefficient (Wildman–Crippen LogP) is 7.15. The summed E-state index contributed by atoms with van der Waals surface area (Å²) in [5.74, 6) is 0. The second-order valence-corrected chi connectivity index (χ2v) is 7.26. The van der Waals surface area contributed by atoms with Gasteiger partial charge in [-0.1, -0.05) is 75.7 Å². The molecule has 0 bridgehead atoms. The van der Waals surface area contributed by atoms with Crippen molar-refractivity contribution in [3.8, 4) is 0 Å². The van der Waals surface area contributed by atoms with Gasteiger partial charge in [0, 0.05) is 28.7 Å². The first kappa shape index (κ1) is 18.5. The van der Waals surface area contributed by atoms with Crippen molar-refractivity contribution in [2.45, 2.75) is 59.4 Å². The minimum atomic E-state index is 1.08. The standard InChI is InChI=1S/C25H31N/c1-5-7-11-21-14-16-22(17-15-21)19(3)25-20(4)26(18-8-6-2)24-13-10-9-12-23(24)25/h9-10,12-17H,3,5-8,11,18H2,1-2,4H3. The summed E-state index contributed by atoms with van der Waals surface area (Å²) < 4.78 is 2.47. The molecule has 0 saturated carbocycles. The zero-order valence-corrected chi connectivity index (χ0v) is 16.5. The fourth-order valence-electron chi connectivity index (χ4n) is 3.81. The van der Waals surface area contributed by atoms with Gasteiger partial charge < -0.3 is 4.57 Å². The van der Waals surface area contributed by atoms with Gasteiger partial charge in [-0.2, -0.15) is 0 Å². The minimum Gasteiger partial charge on any atom is -0.344 e. The van der Waals surface area contributed by atoms with Gasteiger partial charge in [0.05, 0.1) is 0 Å². The number of unbranched alkanes of at least 4 members (excludes halogenated alkanes) is 2. The number of nitrogens with zero attached hydrogens (tertiary/aromatic N) is 1. The molecule has 3 rings (SSSR count). The van der Waals surface area contributed by atoms with E-state index in [1.807, 2.05) is 0 Å². The molecule has 0 aliphatic heterocycles. The molecule has 1 nitrogen and oxygen atoms in total. The molecular formula is C25H31N. The molecule has 0 saturated heterocycles. The summed E-state index contributed by atoms with van der Waals surface area (Å²) in [6.07, 6.45) is 6.08. The number of rotatable bonds is 8. The van der Waals surface area contributed by atoms with Gasteiger partial charge in [-0.3, -0.25) is 0 Å². The van der Waals surface area contributed by atoms with Crippen molar-refractivity contribution in [1.82, 2.24) is 4.57 Å². The Labute approximate surface area is 158 Å². The van der Waals surface area contributed by atoms with E-state index in [2.05, 4.69) is 80.4 Å². The fourth-order valence-corrected chi connectivity index (χ4v) is 3.81. The highest BCUT2D eigenvalue weighted by molar-refractivity contribution is 5.98. The monoisotopic (exact) mass is 345 g/mol. The first-order chi connectivity index (χ1) is 12.7. The Hall–Kier alpha value is -2.28. The van der Waals surface area contributed by atoms with Crippen LogP contribution in [-0.4, -0.2) is 4.57 Å². The molecule has 0 fully saturated rings. The Balaban J connectivity index is 1.99. The topological polar surface area (TPSA) is 4.93 Å². The van der Waals surface area contributed by atoms with Crippen molar-refractivity contribution < 1.29 is 0 Å². The molecule has 3 aromatic rings. The summed E-state index contributed by atoms with van der Waals surface area (Å²) >= 11 is 0. The van der Waals surface area contributed by atoms with Crippen LogP contribution >= 0.6 is 0 Å². The van der Waals surface area contributed by atoms with E-state index >= 15 is 0 Å². The Morgan fingerprint density at radius 2 is 1.62 bits per heavy atom. The Morgan fingerprint density at radius 3 is 2.31 bits per heavy atom. The summed E-state index contributed by atoms with van der Waals surface area (Å²) in [7, 11) is 0. The number of para-hydroxylation sites is 1. The number of benzene rings is 2. The van der Waals surface area contributed by atoms with Crippen LogP contribution in [0.1, 0.15) is 61.9 Å². The SMILES string of the molecule is C=C(c1ccc(CCCC)cc1)c1c(C)n(CCCC)c2ccccc12.